The van der Waals surface area contributed by atoms with Gasteiger partial charge in [0.25, 0.3) is 0 Å². The van der Waals surface area contributed by atoms with Gasteiger partial charge in [0.1, 0.15) is 14.2 Å². The molecule has 25 heavy (non-hydrogen) atoms. The predicted molar refractivity (Wildman–Crippen MR) is 111 cm³/mol. The Morgan fingerprint density at radius 2 is 1.32 bits per heavy atom. The minimum Gasteiger partial charge on any atom is -0.792 e. The van der Waals surface area contributed by atoms with Gasteiger partial charge in [-0.1, -0.05) is 10.3 Å². The van der Waals surface area contributed by atoms with Gasteiger partial charge in [0, 0.05) is 33.1 Å². The molecule has 146 valence electrons. The fourth-order valence-electron chi connectivity index (χ4n) is 0.424. The second kappa shape index (κ2) is 29.4. The van der Waals surface area contributed by atoms with Gasteiger partial charge in [0.2, 0.25) is 0 Å². The van der Waals surface area contributed by atoms with E-state index in [0.29, 0.717) is 11.4 Å². The highest BCUT2D eigenvalue weighted by molar-refractivity contribution is 6.40. The molecule has 0 bridgehead atoms. The SMILES string of the molecule is CC=NC.CN=C(C)C.CN=CC=NOC.CON=C(C)C(C)=N[O-]. The number of hydrogen-bond donors (Lipinski definition) is 0. The molecule has 0 saturated carbocycles. The first-order chi connectivity index (χ1) is 11.8. The highest BCUT2D eigenvalue weighted by Crippen LogP contribution is 1.83. The van der Waals surface area contributed by atoms with Gasteiger partial charge in [-0.2, -0.15) is 0 Å². The van der Waals surface area contributed by atoms with Crippen molar-refractivity contribution in [1.82, 2.24) is 0 Å². The second-order valence-electron chi connectivity index (χ2n) is 4.07. The Hall–Kier alpha value is -2.58. The highest BCUT2D eigenvalue weighted by atomic mass is 16.6. The van der Waals surface area contributed by atoms with Crippen LogP contribution in [0.25, 0.3) is 0 Å². The molecule has 0 atom stereocenters. The minimum absolute atomic E-state index is 0.344. The third-order valence-electron chi connectivity index (χ3n) is 1.98. The molecular formula is C16H33N6O3-. The predicted octanol–water partition coefficient (Wildman–Crippen LogP) is 3.09. The molecule has 0 amide bonds. The zero-order chi connectivity index (χ0) is 20.5. The summed E-state index contributed by atoms with van der Waals surface area (Å²) in [5, 5.41) is 19.3. The summed E-state index contributed by atoms with van der Waals surface area (Å²) in [6, 6.07) is 0. The maximum atomic E-state index is 9.80. The van der Waals surface area contributed by atoms with Crippen LogP contribution in [0.15, 0.2) is 30.4 Å². The molecule has 9 heteroatoms. The van der Waals surface area contributed by atoms with Gasteiger partial charge >= 0.3 is 0 Å². The Balaban J connectivity index is -0.000000123. The summed E-state index contributed by atoms with van der Waals surface area (Å²) in [7, 11) is 8.11. The molecule has 0 aliphatic heterocycles. The van der Waals surface area contributed by atoms with Crippen LogP contribution in [0.3, 0.4) is 0 Å². The van der Waals surface area contributed by atoms with Gasteiger partial charge in [-0.3, -0.25) is 9.98 Å². The van der Waals surface area contributed by atoms with Crippen LogP contribution >= 0.6 is 0 Å². The minimum atomic E-state index is 0.344. The highest BCUT2D eigenvalue weighted by Gasteiger charge is 1.91. The fraction of sp³-hybridized carbons (Fsp3) is 0.625. The van der Waals surface area contributed by atoms with Gasteiger partial charge in [0.05, 0.1) is 17.6 Å². The monoisotopic (exact) mass is 357 g/mol. The quantitative estimate of drug-likeness (QED) is 0.568. The van der Waals surface area contributed by atoms with E-state index in [4.69, 9.17) is 0 Å². The average Bonchev–Trinajstić information content (AvgIpc) is 2.62. The van der Waals surface area contributed by atoms with Crippen LogP contribution in [-0.4, -0.2) is 71.1 Å². The van der Waals surface area contributed by atoms with Crippen LogP contribution in [0.2, 0.25) is 0 Å². The zero-order valence-electron chi connectivity index (χ0n) is 17.1. The molecule has 0 saturated heterocycles. The third-order valence-corrected chi connectivity index (χ3v) is 1.98. The first kappa shape index (κ1) is 30.3. The normalized spacial score (nSPS) is 11.0. The molecule has 0 fully saturated rings. The summed E-state index contributed by atoms with van der Waals surface area (Å²) < 4.78 is 0. The van der Waals surface area contributed by atoms with Gasteiger partial charge < -0.3 is 25.0 Å². The smallest absolute Gasteiger partial charge is 0.106 e. The molecule has 0 spiro atoms. The fourth-order valence-corrected chi connectivity index (χ4v) is 0.424. The molecule has 0 aromatic rings. The number of oxime groups is 2. The molecule has 0 aliphatic rings. The van der Waals surface area contributed by atoms with Crippen molar-refractivity contribution < 1.29 is 9.68 Å². The summed E-state index contributed by atoms with van der Waals surface area (Å²) in [6.45, 7) is 9.06. The van der Waals surface area contributed by atoms with Crippen LogP contribution in [0.5, 0.6) is 0 Å². The summed E-state index contributed by atoms with van der Waals surface area (Å²) in [4.78, 5) is 19.8. The van der Waals surface area contributed by atoms with E-state index in [2.05, 4.69) is 40.1 Å². The first-order valence-corrected chi connectivity index (χ1v) is 7.31. The molecule has 0 rings (SSSR count). The lowest BCUT2D eigenvalue weighted by Gasteiger charge is -1.99. The molecule has 0 heterocycles. The van der Waals surface area contributed by atoms with Crippen molar-refractivity contribution in [1.29, 1.82) is 0 Å². The lowest BCUT2D eigenvalue weighted by Crippen LogP contribution is -2.04. The molecular weight excluding hydrogens is 324 g/mol. The third kappa shape index (κ3) is 44.9. The maximum Gasteiger partial charge on any atom is 0.106 e. The van der Waals surface area contributed by atoms with Crippen LogP contribution in [0, 0.1) is 5.21 Å². The molecule has 0 unspecified atom stereocenters. The second-order valence-corrected chi connectivity index (χ2v) is 4.07. The van der Waals surface area contributed by atoms with E-state index in [1.165, 1.54) is 20.4 Å². The molecule has 9 nitrogen and oxygen atoms in total. The Morgan fingerprint density at radius 3 is 1.56 bits per heavy atom. The summed E-state index contributed by atoms with van der Waals surface area (Å²) in [5.41, 5.74) is 1.98. The Bertz CT molecular complexity index is 433. The van der Waals surface area contributed by atoms with Crippen molar-refractivity contribution in [3.8, 4) is 0 Å². The summed E-state index contributed by atoms with van der Waals surface area (Å²) >= 11 is 0. The van der Waals surface area contributed by atoms with E-state index < -0.39 is 0 Å². The van der Waals surface area contributed by atoms with Gasteiger partial charge in [0.15, 0.2) is 0 Å². The lowest BCUT2D eigenvalue weighted by atomic mass is 10.3. The zero-order valence-corrected chi connectivity index (χ0v) is 17.1. The van der Waals surface area contributed by atoms with Crippen LogP contribution in [-0.2, 0) is 9.68 Å². The number of nitrogens with zero attached hydrogens (tertiary/aromatic N) is 6. The maximum absolute atomic E-state index is 9.80. The van der Waals surface area contributed by atoms with E-state index in [1.807, 2.05) is 20.8 Å². The summed E-state index contributed by atoms with van der Waals surface area (Å²) in [5.74, 6) is 0. The van der Waals surface area contributed by atoms with Crippen molar-refractivity contribution in [3.05, 3.63) is 5.21 Å². The Morgan fingerprint density at radius 1 is 0.840 bits per heavy atom. The van der Waals surface area contributed by atoms with Crippen LogP contribution in [0.1, 0.15) is 34.6 Å². The van der Waals surface area contributed by atoms with Gasteiger partial charge in [-0.05, 0) is 40.8 Å². The molecule has 0 radical (unpaired) electrons. The summed E-state index contributed by atoms with van der Waals surface area (Å²) in [6.07, 6.45) is 4.77. The van der Waals surface area contributed by atoms with Gasteiger partial charge in [-0.15, -0.1) is 0 Å². The number of rotatable bonds is 4. The number of hydrogen-bond acceptors (Lipinski definition) is 9. The largest absolute Gasteiger partial charge is 0.792 e. The van der Waals surface area contributed by atoms with Crippen molar-refractivity contribution >= 4 is 35.8 Å². The van der Waals surface area contributed by atoms with E-state index >= 15 is 0 Å². The van der Waals surface area contributed by atoms with Crippen molar-refractivity contribution in [2.75, 3.05) is 35.4 Å². The number of aliphatic imine (C=N–C) groups is 3. The van der Waals surface area contributed by atoms with E-state index in [9.17, 15) is 5.21 Å². The molecule has 0 N–H and O–H groups in total. The standard InChI is InChI=1S/C5H10N2O2.C4H8N2O.C4H9N.C3H7N/c1-4(6-8)5(2)7-9-3;1-5-3-4-6-7-2;1-4(2)5-3;1-3-4-2/h8H,1-3H3;3-4H,1-2H3;1-3H3;3H,1-2H3/p-1. The van der Waals surface area contributed by atoms with E-state index in [-0.39, 0.29) is 0 Å². The van der Waals surface area contributed by atoms with E-state index in [1.54, 1.807) is 47.4 Å². The Kier molecular flexibility index (Phi) is 35.7. The molecule has 0 aliphatic carbocycles. The lowest BCUT2D eigenvalue weighted by molar-refractivity contribution is 0.214. The molecule has 0 aromatic carbocycles. The van der Waals surface area contributed by atoms with Crippen molar-refractivity contribution in [2.24, 2.45) is 30.4 Å². The van der Waals surface area contributed by atoms with Crippen LogP contribution in [0.4, 0.5) is 0 Å². The van der Waals surface area contributed by atoms with Gasteiger partial charge in [-0.25, -0.2) is 0 Å². The molecule has 0 aromatic heterocycles. The first-order valence-electron chi connectivity index (χ1n) is 7.31. The van der Waals surface area contributed by atoms with Crippen LogP contribution < -0.4 is 0 Å². The topological polar surface area (TPSA) is 116 Å². The van der Waals surface area contributed by atoms with Crippen molar-refractivity contribution in [2.45, 2.75) is 34.6 Å². The average molecular weight is 357 g/mol. The Labute approximate surface area is 151 Å². The van der Waals surface area contributed by atoms with E-state index in [0.717, 1.165) is 5.71 Å². The van der Waals surface area contributed by atoms with Crippen molar-refractivity contribution in [3.63, 3.8) is 0 Å².